The first-order valence-corrected chi connectivity index (χ1v) is 5.92. The van der Waals surface area contributed by atoms with Crippen LogP contribution in [-0.4, -0.2) is 4.98 Å². The Bertz CT molecular complexity index is 595. The first kappa shape index (κ1) is 9.01. The third kappa shape index (κ3) is 1.37. The second kappa shape index (κ2) is 3.40. The van der Waals surface area contributed by atoms with Crippen LogP contribution in [0.25, 0.3) is 21.5 Å². The number of hydrogen-bond acceptors (Lipinski definition) is 1. The van der Waals surface area contributed by atoms with E-state index in [0.717, 1.165) is 21.6 Å². The van der Waals surface area contributed by atoms with Gasteiger partial charge in [-0.15, -0.1) is 11.3 Å². The van der Waals surface area contributed by atoms with Crippen molar-refractivity contribution in [2.45, 2.75) is 0 Å². The minimum Gasteiger partial charge on any atom is -0.353 e. The smallest absolute Gasteiger partial charge is 0.0755 e. The van der Waals surface area contributed by atoms with Gasteiger partial charge in [-0.25, -0.2) is 0 Å². The van der Waals surface area contributed by atoms with Gasteiger partial charge in [-0.05, 0) is 17.5 Å². The van der Waals surface area contributed by atoms with Gasteiger partial charge in [0.15, 0.2) is 0 Å². The van der Waals surface area contributed by atoms with E-state index in [2.05, 4.69) is 16.4 Å². The highest BCUT2D eigenvalue weighted by Gasteiger charge is 2.10. The summed E-state index contributed by atoms with van der Waals surface area (Å²) in [5.41, 5.74) is 2.11. The van der Waals surface area contributed by atoms with Gasteiger partial charge in [-0.1, -0.05) is 35.9 Å². The van der Waals surface area contributed by atoms with Crippen LogP contribution in [0.1, 0.15) is 0 Å². The van der Waals surface area contributed by atoms with Crippen LogP contribution in [0.3, 0.4) is 0 Å². The van der Waals surface area contributed by atoms with E-state index in [1.807, 2.05) is 30.3 Å². The molecule has 3 aromatic rings. The fourth-order valence-electron chi connectivity index (χ4n) is 1.70. The maximum atomic E-state index is 6.32. The Labute approximate surface area is 96.3 Å². The zero-order chi connectivity index (χ0) is 10.3. The van der Waals surface area contributed by atoms with E-state index < -0.39 is 0 Å². The summed E-state index contributed by atoms with van der Waals surface area (Å²) in [6.45, 7) is 0. The van der Waals surface area contributed by atoms with Crippen LogP contribution in [0.5, 0.6) is 0 Å². The molecule has 1 aromatic carbocycles. The van der Waals surface area contributed by atoms with Crippen LogP contribution in [0.4, 0.5) is 0 Å². The molecule has 15 heavy (non-hydrogen) atoms. The number of benzene rings is 1. The van der Waals surface area contributed by atoms with Crippen molar-refractivity contribution >= 4 is 33.8 Å². The molecule has 0 bridgehead atoms. The fraction of sp³-hybridized carbons (Fsp3) is 0. The van der Waals surface area contributed by atoms with E-state index in [1.54, 1.807) is 11.3 Å². The van der Waals surface area contributed by atoms with Crippen LogP contribution in [0, 0.1) is 0 Å². The van der Waals surface area contributed by atoms with Crippen LogP contribution < -0.4 is 0 Å². The number of hydrogen-bond donors (Lipinski definition) is 1. The highest BCUT2D eigenvalue weighted by Crippen LogP contribution is 2.36. The predicted molar refractivity (Wildman–Crippen MR) is 66.6 cm³/mol. The molecule has 0 radical (unpaired) electrons. The molecule has 0 aliphatic carbocycles. The molecule has 0 fully saturated rings. The summed E-state index contributed by atoms with van der Waals surface area (Å²) in [6, 6.07) is 12.2. The molecule has 0 aliphatic heterocycles. The first-order valence-electron chi connectivity index (χ1n) is 4.66. The Morgan fingerprint density at radius 2 is 1.93 bits per heavy atom. The van der Waals surface area contributed by atoms with E-state index in [-0.39, 0.29) is 0 Å². The summed E-state index contributed by atoms with van der Waals surface area (Å²) in [7, 11) is 0. The number of rotatable bonds is 1. The number of H-pyrrole nitrogens is 1. The van der Waals surface area contributed by atoms with E-state index in [9.17, 15) is 0 Å². The van der Waals surface area contributed by atoms with Gasteiger partial charge in [0.1, 0.15) is 0 Å². The van der Waals surface area contributed by atoms with Crippen molar-refractivity contribution in [2.24, 2.45) is 0 Å². The molecule has 2 heterocycles. The number of nitrogens with one attached hydrogen (secondary N) is 1. The summed E-state index contributed by atoms with van der Waals surface area (Å²) >= 11 is 8.01. The molecule has 0 saturated heterocycles. The van der Waals surface area contributed by atoms with Crippen LogP contribution >= 0.6 is 22.9 Å². The summed E-state index contributed by atoms with van der Waals surface area (Å²) in [5, 5.41) is 3.95. The van der Waals surface area contributed by atoms with Gasteiger partial charge in [0.2, 0.25) is 0 Å². The van der Waals surface area contributed by atoms with Gasteiger partial charge in [-0.2, -0.15) is 0 Å². The molecule has 0 atom stereocenters. The summed E-state index contributed by atoms with van der Waals surface area (Å²) < 4.78 is 0. The number of thiophene rings is 1. The van der Waals surface area contributed by atoms with Gasteiger partial charge in [0.25, 0.3) is 0 Å². The lowest BCUT2D eigenvalue weighted by molar-refractivity contribution is 1.48. The highest BCUT2D eigenvalue weighted by molar-refractivity contribution is 7.13. The average Bonchev–Trinajstić information content (AvgIpc) is 2.87. The molecule has 0 amide bonds. The minimum atomic E-state index is 0.813. The van der Waals surface area contributed by atoms with Crippen LogP contribution in [-0.2, 0) is 0 Å². The van der Waals surface area contributed by atoms with Crippen molar-refractivity contribution in [1.82, 2.24) is 4.98 Å². The fourth-order valence-corrected chi connectivity index (χ4v) is 2.80. The molecular formula is C12H8ClNS. The van der Waals surface area contributed by atoms with Crippen LogP contribution in [0.15, 0.2) is 41.8 Å². The van der Waals surface area contributed by atoms with Crippen molar-refractivity contribution in [2.75, 3.05) is 0 Å². The van der Waals surface area contributed by atoms with Crippen molar-refractivity contribution in [3.8, 4) is 10.6 Å². The number of halogens is 1. The Kier molecular flexibility index (Phi) is 2.04. The molecule has 3 rings (SSSR count). The standard InChI is InChI=1S/C12H8ClNS/c13-11-8-4-1-2-5-9(8)14-12(11)10-6-3-7-15-10/h1-7,14H. The Morgan fingerprint density at radius 1 is 1.07 bits per heavy atom. The number of para-hydroxylation sites is 1. The second-order valence-electron chi connectivity index (χ2n) is 3.34. The Hall–Kier alpha value is -1.25. The monoisotopic (exact) mass is 233 g/mol. The molecule has 0 aliphatic rings. The molecule has 1 N–H and O–H groups in total. The lowest BCUT2D eigenvalue weighted by atomic mass is 10.2. The topological polar surface area (TPSA) is 15.8 Å². The molecule has 74 valence electrons. The Balaban J connectivity index is 2.33. The molecule has 3 heteroatoms. The van der Waals surface area contributed by atoms with Gasteiger partial charge >= 0.3 is 0 Å². The van der Waals surface area contributed by atoms with Gasteiger partial charge < -0.3 is 4.98 Å². The summed E-state index contributed by atoms with van der Waals surface area (Å²) in [4.78, 5) is 4.52. The van der Waals surface area contributed by atoms with Crippen molar-refractivity contribution in [1.29, 1.82) is 0 Å². The van der Waals surface area contributed by atoms with Crippen molar-refractivity contribution < 1.29 is 0 Å². The van der Waals surface area contributed by atoms with Crippen molar-refractivity contribution in [3.63, 3.8) is 0 Å². The van der Waals surface area contributed by atoms with E-state index in [0.29, 0.717) is 0 Å². The third-order valence-corrected chi connectivity index (χ3v) is 3.69. The van der Waals surface area contributed by atoms with Crippen LogP contribution in [0.2, 0.25) is 5.02 Å². The summed E-state index contributed by atoms with van der Waals surface area (Å²) in [5.74, 6) is 0. The Morgan fingerprint density at radius 3 is 2.67 bits per heavy atom. The molecule has 0 spiro atoms. The molecule has 0 saturated carbocycles. The van der Waals surface area contributed by atoms with E-state index >= 15 is 0 Å². The molecule has 2 aromatic heterocycles. The molecule has 0 unspecified atom stereocenters. The summed E-state index contributed by atoms with van der Waals surface area (Å²) in [6.07, 6.45) is 0. The second-order valence-corrected chi connectivity index (χ2v) is 4.66. The molecular weight excluding hydrogens is 226 g/mol. The minimum absolute atomic E-state index is 0.813. The van der Waals surface area contributed by atoms with Crippen molar-refractivity contribution in [3.05, 3.63) is 46.8 Å². The lowest BCUT2D eigenvalue weighted by Crippen LogP contribution is -1.70. The third-order valence-electron chi connectivity index (χ3n) is 2.41. The van der Waals surface area contributed by atoms with Gasteiger partial charge in [-0.3, -0.25) is 0 Å². The lowest BCUT2D eigenvalue weighted by Gasteiger charge is -1.92. The number of fused-ring (bicyclic) bond motifs is 1. The maximum absolute atomic E-state index is 6.32. The zero-order valence-corrected chi connectivity index (χ0v) is 9.40. The highest BCUT2D eigenvalue weighted by atomic mass is 35.5. The number of aromatic nitrogens is 1. The van der Waals surface area contributed by atoms with Gasteiger partial charge in [0.05, 0.1) is 15.6 Å². The average molecular weight is 234 g/mol. The quantitative estimate of drug-likeness (QED) is 0.635. The number of aromatic amines is 1. The maximum Gasteiger partial charge on any atom is 0.0755 e. The normalized spacial score (nSPS) is 11.0. The van der Waals surface area contributed by atoms with E-state index in [4.69, 9.17) is 11.6 Å². The first-order chi connectivity index (χ1) is 7.36. The SMILES string of the molecule is Clc1c(-c2cccs2)[nH]c2ccccc12. The largest absolute Gasteiger partial charge is 0.353 e. The van der Waals surface area contributed by atoms with Gasteiger partial charge in [0, 0.05) is 10.9 Å². The predicted octanol–water partition coefficient (Wildman–Crippen LogP) is 4.55. The van der Waals surface area contributed by atoms with E-state index in [1.165, 1.54) is 4.88 Å². The molecule has 1 nitrogen and oxygen atoms in total. The zero-order valence-electron chi connectivity index (χ0n) is 7.83.